The van der Waals surface area contributed by atoms with E-state index in [9.17, 15) is 9.90 Å². The second kappa shape index (κ2) is 8.12. The van der Waals surface area contributed by atoms with Crippen LogP contribution in [0.2, 0.25) is 5.02 Å². The number of aromatic nitrogens is 2. The third-order valence-electron chi connectivity index (χ3n) is 5.01. The zero-order valence-corrected chi connectivity index (χ0v) is 16.5. The van der Waals surface area contributed by atoms with Gasteiger partial charge in [0, 0.05) is 55.1 Å². The molecular formula is C23H20ClN3O2. The first-order valence-corrected chi connectivity index (χ1v) is 9.80. The summed E-state index contributed by atoms with van der Waals surface area (Å²) in [6.45, 7) is 0.887. The number of nitrogens with zero attached hydrogens (tertiary/aromatic N) is 3. The highest BCUT2D eigenvalue weighted by atomic mass is 35.5. The van der Waals surface area contributed by atoms with Crippen molar-refractivity contribution < 1.29 is 9.90 Å². The van der Waals surface area contributed by atoms with Gasteiger partial charge in [-0.15, -0.1) is 0 Å². The van der Waals surface area contributed by atoms with Crippen LogP contribution in [0, 0.1) is 11.8 Å². The fourth-order valence-corrected chi connectivity index (χ4v) is 3.48. The Hall–Kier alpha value is -3.07. The molecule has 6 heteroatoms. The first-order valence-electron chi connectivity index (χ1n) is 9.42. The van der Waals surface area contributed by atoms with E-state index in [-0.39, 0.29) is 5.91 Å². The van der Waals surface area contributed by atoms with Crippen molar-refractivity contribution >= 4 is 17.5 Å². The minimum atomic E-state index is -1.10. The van der Waals surface area contributed by atoms with E-state index in [0.717, 1.165) is 11.4 Å². The number of rotatable bonds is 2. The van der Waals surface area contributed by atoms with Crippen LogP contribution in [0.4, 0.5) is 0 Å². The minimum Gasteiger partial charge on any atom is -0.377 e. The van der Waals surface area contributed by atoms with E-state index < -0.39 is 5.60 Å². The van der Waals surface area contributed by atoms with E-state index in [2.05, 4.69) is 16.8 Å². The lowest BCUT2D eigenvalue weighted by atomic mass is 9.91. The monoisotopic (exact) mass is 405 g/mol. The first kappa shape index (κ1) is 19.3. The maximum absolute atomic E-state index is 12.8. The predicted octanol–water partition coefficient (Wildman–Crippen LogP) is 3.54. The summed E-state index contributed by atoms with van der Waals surface area (Å²) in [6, 6.07) is 14.7. The van der Waals surface area contributed by atoms with Crippen molar-refractivity contribution in [3.05, 3.63) is 83.3 Å². The average molecular weight is 406 g/mol. The van der Waals surface area contributed by atoms with Crippen molar-refractivity contribution in [2.24, 2.45) is 0 Å². The normalized spacial score (nSPS) is 15.4. The number of pyridine rings is 1. The molecule has 1 saturated heterocycles. The summed E-state index contributed by atoms with van der Waals surface area (Å²) >= 11 is 5.97. The Morgan fingerprint density at radius 3 is 2.52 bits per heavy atom. The number of hydrogen-bond acceptors (Lipinski definition) is 3. The summed E-state index contributed by atoms with van der Waals surface area (Å²) < 4.78 is 1.88. The summed E-state index contributed by atoms with van der Waals surface area (Å²) in [6.07, 6.45) is 6.21. The largest absolute Gasteiger partial charge is 0.377 e. The van der Waals surface area contributed by atoms with Crippen molar-refractivity contribution in [1.29, 1.82) is 0 Å². The number of halogens is 1. The third kappa shape index (κ3) is 4.51. The van der Waals surface area contributed by atoms with E-state index in [0.29, 0.717) is 36.5 Å². The fraction of sp³-hybridized carbons (Fsp3) is 0.217. The smallest absolute Gasteiger partial charge is 0.255 e. The molecule has 3 aromatic rings. The van der Waals surface area contributed by atoms with Gasteiger partial charge in [0.05, 0.1) is 5.56 Å². The van der Waals surface area contributed by atoms with E-state index in [1.807, 2.05) is 47.3 Å². The highest BCUT2D eigenvalue weighted by Crippen LogP contribution is 2.23. The molecule has 1 amide bonds. The van der Waals surface area contributed by atoms with Crippen LogP contribution >= 0.6 is 11.6 Å². The lowest BCUT2D eigenvalue weighted by Crippen LogP contribution is -2.46. The molecule has 1 aliphatic heterocycles. The molecule has 146 valence electrons. The summed E-state index contributed by atoms with van der Waals surface area (Å²) in [5.41, 5.74) is 0.199. The molecule has 0 radical (unpaired) electrons. The van der Waals surface area contributed by atoms with Gasteiger partial charge in [-0.25, -0.2) is 4.98 Å². The number of carbonyl (C=O) groups excluding carboxylic acids is 1. The summed E-state index contributed by atoms with van der Waals surface area (Å²) in [5.74, 6) is 6.63. The van der Waals surface area contributed by atoms with Gasteiger partial charge in [0.25, 0.3) is 5.91 Å². The lowest BCUT2D eigenvalue weighted by Gasteiger charge is -2.35. The molecule has 3 heterocycles. The summed E-state index contributed by atoms with van der Waals surface area (Å²) in [7, 11) is 0. The highest BCUT2D eigenvalue weighted by Gasteiger charge is 2.32. The molecule has 0 atom stereocenters. The molecule has 2 aromatic heterocycles. The van der Waals surface area contributed by atoms with Gasteiger partial charge in [0.2, 0.25) is 0 Å². The summed E-state index contributed by atoms with van der Waals surface area (Å²) in [4.78, 5) is 18.9. The van der Waals surface area contributed by atoms with Crippen LogP contribution in [0.1, 0.15) is 28.8 Å². The Balaban J connectivity index is 1.39. The fourth-order valence-electron chi connectivity index (χ4n) is 3.29. The Kier molecular flexibility index (Phi) is 5.39. The van der Waals surface area contributed by atoms with Crippen LogP contribution in [-0.2, 0) is 0 Å². The molecule has 0 saturated carbocycles. The van der Waals surface area contributed by atoms with Crippen LogP contribution in [0.15, 0.2) is 67.1 Å². The quantitative estimate of drug-likeness (QED) is 0.663. The van der Waals surface area contributed by atoms with Crippen molar-refractivity contribution in [3.8, 4) is 17.7 Å². The molecule has 0 aliphatic carbocycles. The van der Waals surface area contributed by atoms with E-state index in [4.69, 9.17) is 11.6 Å². The number of likely N-dealkylation sites (tertiary alicyclic amines) is 1. The molecule has 0 unspecified atom stereocenters. The highest BCUT2D eigenvalue weighted by molar-refractivity contribution is 6.30. The second-order valence-corrected chi connectivity index (χ2v) is 7.52. The number of carbonyl (C=O) groups is 1. The van der Waals surface area contributed by atoms with Gasteiger partial charge < -0.3 is 14.6 Å². The second-order valence-electron chi connectivity index (χ2n) is 7.08. The van der Waals surface area contributed by atoms with E-state index >= 15 is 0 Å². The van der Waals surface area contributed by atoms with Crippen LogP contribution in [0.25, 0.3) is 5.82 Å². The minimum absolute atomic E-state index is 0.0820. The number of benzene rings is 1. The van der Waals surface area contributed by atoms with Crippen LogP contribution in [0.3, 0.4) is 0 Å². The molecule has 0 bridgehead atoms. The SMILES string of the molecule is O=C(c1ccc(-n2cccc2)nc1)N1CCC(O)(C#Cc2cccc(Cl)c2)CC1. The zero-order chi connectivity index (χ0) is 20.3. The van der Waals surface area contributed by atoms with Gasteiger partial charge in [-0.05, 0) is 42.5 Å². The van der Waals surface area contributed by atoms with Gasteiger partial charge in [-0.1, -0.05) is 29.5 Å². The average Bonchev–Trinajstić information content (AvgIpc) is 3.28. The number of hydrogen-bond donors (Lipinski definition) is 1. The molecule has 29 heavy (non-hydrogen) atoms. The molecule has 1 aliphatic rings. The summed E-state index contributed by atoms with van der Waals surface area (Å²) in [5, 5.41) is 11.4. The zero-order valence-electron chi connectivity index (χ0n) is 15.8. The topological polar surface area (TPSA) is 58.4 Å². The number of piperidine rings is 1. The molecule has 1 aromatic carbocycles. The van der Waals surface area contributed by atoms with Crippen LogP contribution in [0.5, 0.6) is 0 Å². The number of aliphatic hydroxyl groups is 1. The maximum Gasteiger partial charge on any atom is 0.255 e. The van der Waals surface area contributed by atoms with E-state index in [1.165, 1.54) is 0 Å². The lowest BCUT2D eigenvalue weighted by molar-refractivity contribution is 0.0249. The van der Waals surface area contributed by atoms with Crippen LogP contribution in [-0.4, -0.2) is 44.2 Å². The molecule has 1 N–H and O–H groups in total. The van der Waals surface area contributed by atoms with E-state index in [1.54, 1.807) is 29.3 Å². The van der Waals surface area contributed by atoms with Crippen molar-refractivity contribution in [1.82, 2.24) is 14.5 Å². The molecular weight excluding hydrogens is 386 g/mol. The Bertz CT molecular complexity index is 1060. The maximum atomic E-state index is 12.8. The third-order valence-corrected chi connectivity index (χ3v) is 5.24. The Morgan fingerprint density at radius 1 is 1.10 bits per heavy atom. The predicted molar refractivity (Wildman–Crippen MR) is 112 cm³/mol. The van der Waals surface area contributed by atoms with Crippen molar-refractivity contribution in [2.75, 3.05) is 13.1 Å². The molecule has 4 rings (SSSR count). The van der Waals surface area contributed by atoms with Crippen LogP contribution < -0.4 is 0 Å². The van der Waals surface area contributed by atoms with Crippen molar-refractivity contribution in [2.45, 2.75) is 18.4 Å². The van der Waals surface area contributed by atoms with Gasteiger partial charge in [-0.3, -0.25) is 4.79 Å². The Morgan fingerprint density at radius 2 is 1.86 bits per heavy atom. The van der Waals surface area contributed by atoms with Gasteiger partial charge in [-0.2, -0.15) is 0 Å². The molecule has 0 spiro atoms. The standard InChI is InChI=1S/C23H20ClN3O2/c24-20-5-3-4-18(16-20)8-9-23(29)10-14-27(15-11-23)22(28)19-6-7-21(25-17-19)26-12-1-2-13-26/h1-7,12-13,16-17,29H,10-11,14-15H2. The number of amides is 1. The molecule has 1 fully saturated rings. The van der Waals surface area contributed by atoms with Crippen molar-refractivity contribution in [3.63, 3.8) is 0 Å². The Labute approximate surface area is 174 Å². The van der Waals surface area contributed by atoms with Gasteiger partial charge >= 0.3 is 0 Å². The van der Waals surface area contributed by atoms with Gasteiger partial charge in [0.15, 0.2) is 0 Å². The molecule has 5 nitrogen and oxygen atoms in total. The first-order chi connectivity index (χ1) is 14.0. The van der Waals surface area contributed by atoms with Gasteiger partial charge in [0.1, 0.15) is 11.4 Å².